The molecule has 1 aliphatic rings. The third-order valence-electron chi connectivity index (χ3n) is 4.72. The van der Waals surface area contributed by atoms with Gasteiger partial charge in [-0.15, -0.1) is 0 Å². The van der Waals surface area contributed by atoms with Crippen molar-refractivity contribution in [3.8, 4) is 0 Å². The summed E-state index contributed by atoms with van der Waals surface area (Å²) in [4.78, 5) is 24.9. The lowest BCUT2D eigenvalue weighted by atomic mass is 9.93. The molecule has 0 aromatic heterocycles. The SMILES string of the molecule is CCc1ccc([C@H]2NC(=O)NC(C)=C2C(=O)Nc2ccccc2C(F)(F)F)cc1. The highest BCUT2D eigenvalue weighted by Gasteiger charge is 2.35. The molecule has 0 fully saturated rings. The number of hydrogen-bond donors (Lipinski definition) is 3. The minimum atomic E-state index is -4.61. The maximum atomic E-state index is 13.2. The average Bonchev–Trinajstić information content (AvgIpc) is 2.67. The topological polar surface area (TPSA) is 70.2 Å². The molecule has 29 heavy (non-hydrogen) atoms. The van der Waals surface area contributed by atoms with E-state index in [2.05, 4.69) is 16.0 Å². The lowest BCUT2D eigenvalue weighted by Gasteiger charge is -2.29. The van der Waals surface area contributed by atoms with Crippen LogP contribution in [0, 0.1) is 0 Å². The quantitative estimate of drug-likeness (QED) is 0.702. The standard InChI is InChI=1S/C21H20F3N3O2/c1-3-13-8-10-14(11-9-13)18-17(12(2)25-20(29)27-18)19(28)26-16-7-5-4-6-15(16)21(22,23)24/h4-11,18H,3H2,1-2H3,(H,26,28)(H2,25,27,29)/t18-/m1/s1. The molecule has 1 heterocycles. The number of hydrogen-bond acceptors (Lipinski definition) is 2. The second-order valence-corrected chi connectivity index (χ2v) is 6.66. The summed E-state index contributed by atoms with van der Waals surface area (Å²) in [6.45, 7) is 3.54. The molecular formula is C21H20F3N3O2. The normalized spacial score (nSPS) is 16.9. The summed E-state index contributed by atoms with van der Waals surface area (Å²) >= 11 is 0. The Morgan fingerprint density at radius 1 is 1.10 bits per heavy atom. The molecule has 0 radical (unpaired) electrons. The van der Waals surface area contributed by atoms with Crippen molar-refractivity contribution in [2.24, 2.45) is 0 Å². The van der Waals surface area contributed by atoms with Crippen molar-refractivity contribution in [2.75, 3.05) is 5.32 Å². The number of aryl methyl sites for hydroxylation is 1. The zero-order valence-corrected chi connectivity index (χ0v) is 15.9. The zero-order chi connectivity index (χ0) is 21.2. The van der Waals surface area contributed by atoms with Crippen LogP contribution in [0.3, 0.4) is 0 Å². The van der Waals surface area contributed by atoms with Crippen molar-refractivity contribution in [3.63, 3.8) is 0 Å². The van der Waals surface area contributed by atoms with Crippen LogP contribution in [0.15, 0.2) is 59.8 Å². The van der Waals surface area contributed by atoms with Crippen LogP contribution in [0.1, 0.15) is 36.6 Å². The lowest BCUT2D eigenvalue weighted by Crippen LogP contribution is -2.46. The highest BCUT2D eigenvalue weighted by atomic mass is 19.4. The van der Waals surface area contributed by atoms with Gasteiger partial charge in [0.2, 0.25) is 0 Å². The van der Waals surface area contributed by atoms with Gasteiger partial charge < -0.3 is 16.0 Å². The predicted molar refractivity (Wildman–Crippen MR) is 103 cm³/mol. The number of amides is 3. The van der Waals surface area contributed by atoms with Gasteiger partial charge in [-0.1, -0.05) is 43.3 Å². The van der Waals surface area contributed by atoms with Crippen LogP contribution in [-0.4, -0.2) is 11.9 Å². The van der Waals surface area contributed by atoms with Crippen molar-refractivity contribution in [2.45, 2.75) is 32.5 Å². The van der Waals surface area contributed by atoms with Crippen LogP contribution in [0.2, 0.25) is 0 Å². The second-order valence-electron chi connectivity index (χ2n) is 6.66. The van der Waals surface area contributed by atoms with E-state index in [0.29, 0.717) is 5.56 Å². The molecule has 3 N–H and O–H groups in total. The number of carbonyl (C=O) groups excluding carboxylic acids is 2. The van der Waals surface area contributed by atoms with Gasteiger partial charge in [0.15, 0.2) is 0 Å². The fourth-order valence-electron chi connectivity index (χ4n) is 3.22. The van der Waals surface area contributed by atoms with Gasteiger partial charge in [0.05, 0.1) is 22.9 Å². The Morgan fingerprint density at radius 3 is 2.38 bits per heavy atom. The van der Waals surface area contributed by atoms with Crippen LogP contribution in [0.4, 0.5) is 23.7 Å². The summed E-state index contributed by atoms with van der Waals surface area (Å²) < 4.78 is 39.7. The first-order chi connectivity index (χ1) is 13.7. The van der Waals surface area contributed by atoms with Crippen molar-refractivity contribution < 1.29 is 22.8 Å². The Hall–Kier alpha value is -3.29. The van der Waals surface area contributed by atoms with Gasteiger partial charge in [-0.2, -0.15) is 13.2 Å². The number of anilines is 1. The fourth-order valence-corrected chi connectivity index (χ4v) is 3.22. The Morgan fingerprint density at radius 2 is 1.76 bits per heavy atom. The number of halogens is 3. The molecule has 8 heteroatoms. The van der Waals surface area contributed by atoms with E-state index in [1.165, 1.54) is 25.1 Å². The number of alkyl halides is 3. The van der Waals surface area contributed by atoms with Crippen LogP contribution in [-0.2, 0) is 17.4 Å². The first kappa shape index (κ1) is 20.4. The van der Waals surface area contributed by atoms with Crippen LogP contribution < -0.4 is 16.0 Å². The van der Waals surface area contributed by atoms with Crippen molar-refractivity contribution in [3.05, 3.63) is 76.5 Å². The van der Waals surface area contributed by atoms with Crippen LogP contribution >= 0.6 is 0 Å². The number of para-hydroxylation sites is 1. The molecule has 2 aromatic carbocycles. The summed E-state index contributed by atoms with van der Waals surface area (Å²) in [5, 5.41) is 7.53. The van der Waals surface area contributed by atoms with E-state index >= 15 is 0 Å². The first-order valence-electron chi connectivity index (χ1n) is 9.05. The van der Waals surface area contributed by atoms with Gasteiger partial charge in [-0.25, -0.2) is 4.79 Å². The maximum Gasteiger partial charge on any atom is 0.418 e. The molecule has 1 atom stereocenters. The molecule has 0 saturated heterocycles. The van der Waals surface area contributed by atoms with Crippen LogP contribution in [0.5, 0.6) is 0 Å². The Bertz CT molecular complexity index is 966. The smallest absolute Gasteiger partial charge is 0.327 e. The summed E-state index contributed by atoms with van der Waals surface area (Å²) in [7, 11) is 0. The Labute approximate surface area is 166 Å². The highest BCUT2D eigenvalue weighted by Crippen LogP contribution is 2.35. The minimum Gasteiger partial charge on any atom is -0.327 e. The van der Waals surface area contributed by atoms with E-state index in [0.717, 1.165) is 18.1 Å². The van der Waals surface area contributed by atoms with E-state index in [1.807, 2.05) is 19.1 Å². The van der Waals surface area contributed by atoms with Gasteiger partial charge in [0.25, 0.3) is 5.91 Å². The molecule has 0 aliphatic carbocycles. The average molecular weight is 403 g/mol. The van der Waals surface area contributed by atoms with Gasteiger partial charge in [-0.05, 0) is 36.6 Å². The number of benzene rings is 2. The predicted octanol–water partition coefficient (Wildman–Crippen LogP) is 4.53. The molecule has 0 saturated carbocycles. The number of urea groups is 1. The third kappa shape index (κ3) is 4.42. The molecule has 3 amide bonds. The third-order valence-corrected chi connectivity index (χ3v) is 4.72. The maximum absolute atomic E-state index is 13.2. The molecule has 0 spiro atoms. The Balaban J connectivity index is 1.96. The molecular weight excluding hydrogens is 383 g/mol. The number of rotatable bonds is 4. The molecule has 3 rings (SSSR count). The summed E-state index contributed by atoms with van der Waals surface area (Å²) in [6, 6.07) is 10.8. The monoisotopic (exact) mass is 403 g/mol. The Kier molecular flexibility index (Phi) is 5.63. The summed E-state index contributed by atoms with van der Waals surface area (Å²) in [5.41, 5.74) is 0.877. The molecule has 1 aliphatic heterocycles. The minimum absolute atomic E-state index is 0.144. The van der Waals surface area contributed by atoms with E-state index in [1.54, 1.807) is 12.1 Å². The van der Waals surface area contributed by atoms with Crippen molar-refractivity contribution in [1.29, 1.82) is 0 Å². The molecule has 2 aromatic rings. The summed E-state index contributed by atoms with van der Waals surface area (Å²) in [6.07, 6.45) is -3.78. The van der Waals surface area contributed by atoms with E-state index < -0.39 is 29.7 Å². The first-order valence-corrected chi connectivity index (χ1v) is 9.05. The zero-order valence-electron chi connectivity index (χ0n) is 15.9. The lowest BCUT2D eigenvalue weighted by molar-refractivity contribution is -0.137. The van der Waals surface area contributed by atoms with Gasteiger partial charge in [0, 0.05) is 5.70 Å². The number of carbonyl (C=O) groups is 2. The van der Waals surface area contributed by atoms with E-state index in [-0.39, 0.29) is 17.0 Å². The fraction of sp³-hybridized carbons (Fsp3) is 0.238. The summed E-state index contributed by atoms with van der Waals surface area (Å²) in [5.74, 6) is -0.726. The van der Waals surface area contributed by atoms with Gasteiger partial charge in [0.1, 0.15) is 0 Å². The molecule has 152 valence electrons. The number of allylic oxidation sites excluding steroid dienone is 1. The van der Waals surface area contributed by atoms with E-state index in [9.17, 15) is 22.8 Å². The molecule has 5 nitrogen and oxygen atoms in total. The second kappa shape index (κ2) is 7.98. The molecule has 0 unspecified atom stereocenters. The van der Waals surface area contributed by atoms with Crippen molar-refractivity contribution in [1.82, 2.24) is 10.6 Å². The van der Waals surface area contributed by atoms with Crippen molar-refractivity contribution >= 4 is 17.6 Å². The van der Waals surface area contributed by atoms with Gasteiger partial charge >= 0.3 is 12.2 Å². The highest BCUT2D eigenvalue weighted by molar-refractivity contribution is 6.07. The number of nitrogens with one attached hydrogen (secondary N) is 3. The molecule has 0 bridgehead atoms. The van der Waals surface area contributed by atoms with Gasteiger partial charge in [-0.3, -0.25) is 4.79 Å². The van der Waals surface area contributed by atoms with E-state index in [4.69, 9.17) is 0 Å². The largest absolute Gasteiger partial charge is 0.418 e. The van der Waals surface area contributed by atoms with Crippen LogP contribution in [0.25, 0.3) is 0 Å².